The highest BCUT2D eigenvalue weighted by molar-refractivity contribution is 5.85. The molecule has 2 fully saturated rings. The molecule has 0 unspecified atom stereocenters. The highest BCUT2D eigenvalue weighted by Crippen LogP contribution is 2.33. The van der Waals surface area contributed by atoms with Crippen molar-refractivity contribution in [3.05, 3.63) is 63.3 Å². The van der Waals surface area contributed by atoms with Crippen LogP contribution in [0.1, 0.15) is 47.7 Å². The molecule has 0 radical (unpaired) electrons. The van der Waals surface area contributed by atoms with Crippen LogP contribution in [0.2, 0.25) is 0 Å². The molecule has 2 N–H and O–H groups in total. The van der Waals surface area contributed by atoms with Crippen molar-refractivity contribution >= 4 is 24.8 Å². The lowest BCUT2D eigenvalue weighted by Crippen LogP contribution is -2.46. The molecule has 2 aromatic heterocycles. The van der Waals surface area contributed by atoms with E-state index in [0.29, 0.717) is 31.2 Å². The van der Waals surface area contributed by atoms with Crippen LogP contribution in [-0.4, -0.2) is 45.7 Å². The molecule has 5 heterocycles. The molecule has 3 aliphatic rings. The Morgan fingerprint density at radius 2 is 1.94 bits per heavy atom. The number of aryl methyl sites for hydroxylation is 1. The minimum absolute atomic E-state index is 0. The lowest BCUT2D eigenvalue weighted by molar-refractivity contribution is -0.0312. The minimum Gasteiger partial charge on any atom is -0.383 e. The number of aromatic nitrogens is 2. The fourth-order valence-corrected chi connectivity index (χ4v) is 5.28. The molecular weight excluding hydrogens is 435 g/mol. The van der Waals surface area contributed by atoms with Crippen LogP contribution >= 0.6 is 24.8 Å². The number of likely N-dealkylation sites (tertiary alicyclic amines) is 1. The number of fused-ring (bicyclic) bond motifs is 4. The van der Waals surface area contributed by atoms with Crippen LogP contribution in [0.25, 0.3) is 0 Å². The van der Waals surface area contributed by atoms with Crippen LogP contribution in [0, 0.1) is 12.8 Å². The molecule has 8 heteroatoms. The zero-order chi connectivity index (χ0) is 20.0. The summed E-state index contributed by atoms with van der Waals surface area (Å²) >= 11 is 0. The molecule has 3 aliphatic heterocycles. The third-order valence-electron chi connectivity index (χ3n) is 7.05. The number of nitrogens with one attached hydrogen (secondary N) is 1. The van der Waals surface area contributed by atoms with Gasteiger partial charge < -0.3 is 15.0 Å². The first-order valence-electron chi connectivity index (χ1n) is 10.8. The van der Waals surface area contributed by atoms with Crippen molar-refractivity contribution in [1.29, 1.82) is 0 Å². The van der Waals surface area contributed by atoms with Crippen molar-refractivity contribution < 1.29 is 5.11 Å². The molecule has 5 rings (SSSR count). The average molecular weight is 467 g/mol. The Bertz CT molecular complexity index is 955. The van der Waals surface area contributed by atoms with Gasteiger partial charge in [0, 0.05) is 56.1 Å². The molecule has 2 aromatic rings. The number of aliphatic hydroxyl groups is 1. The van der Waals surface area contributed by atoms with E-state index in [0.717, 1.165) is 49.5 Å². The quantitative estimate of drug-likeness (QED) is 0.727. The second-order valence-corrected chi connectivity index (χ2v) is 9.18. The molecular formula is C23H32Cl2N4O2. The second kappa shape index (κ2) is 9.59. The van der Waals surface area contributed by atoms with Gasteiger partial charge in [-0.3, -0.25) is 14.7 Å². The van der Waals surface area contributed by atoms with Crippen LogP contribution in [0.3, 0.4) is 0 Å². The summed E-state index contributed by atoms with van der Waals surface area (Å²) in [5.41, 5.74) is 3.25. The molecule has 0 aliphatic carbocycles. The summed E-state index contributed by atoms with van der Waals surface area (Å²) in [7, 11) is 0. The third-order valence-corrected chi connectivity index (χ3v) is 7.05. The van der Waals surface area contributed by atoms with Gasteiger partial charge in [0.25, 0.3) is 5.56 Å². The average Bonchev–Trinajstić information content (AvgIpc) is 2.73. The Balaban J connectivity index is 0.00000136. The van der Waals surface area contributed by atoms with E-state index in [9.17, 15) is 9.90 Å². The van der Waals surface area contributed by atoms with Gasteiger partial charge in [0.1, 0.15) is 5.60 Å². The van der Waals surface area contributed by atoms with Gasteiger partial charge in [-0.05, 0) is 56.3 Å². The largest absolute Gasteiger partial charge is 0.383 e. The molecule has 2 atom stereocenters. The Hall–Kier alpha value is -1.44. The zero-order valence-electron chi connectivity index (χ0n) is 17.9. The summed E-state index contributed by atoms with van der Waals surface area (Å²) < 4.78 is 2.03. The fourth-order valence-electron chi connectivity index (χ4n) is 5.28. The molecule has 0 amide bonds. The summed E-state index contributed by atoms with van der Waals surface area (Å²) in [6, 6.07) is 8.14. The molecule has 0 spiro atoms. The molecule has 0 aromatic carbocycles. The van der Waals surface area contributed by atoms with E-state index in [1.165, 1.54) is 12.1 Å². The minimum atomic E-state index is -0.862. The normalized spacial score (nSPS) is 24.5. The van der Waals surface area contributed by atoms with Gasteiger partial charge in [-0.15, -0.1) is 24.8 Å². The number of piperidine rings is 2. The van der Waals surface area contributed by atoms with Crippen molar-refractivity contribution in [2.24, 2.45) is 5.92 Å². The van der Waals surface area contributed by atoms with E-state index in [1.54, 1.807) is 0 Å². The number of nitrogens with zero attached hydrogens (tertiary/aromatic N) is 3. The lowest BCUT2D eigenvalue weighted by atomic mass is 9.84. The summed E-state index contributed by atoms with van der Waals surface area (Å²) in [5.74, 6) is 1.04. The highest BCUT2D eigenvalue weighted by atomic mass is 35.5. The topological polar surface area (TPSA) is 70.4 Å². The van der Waals surface area contributed by atoms with E-state index in [4.69, 9.17) is 0 Å². The monoisotopic (exact) mass is 466 g/mol. The number of rotatable bonds is 3. The van der Waals surface area contributed by atoms with E-state index < -0.39 is 5.60 Å². The van der Waals surface area contributed by atoms with Crippen LogP contribution in [-0.2, 0) is 18.7 Å². The van der Waals surface area contributed by atoms with Crippen molar-refractivity contribution in [2.75, 3.05) is 26.2 Å². The Labute approximate surface area is 195 Å². The predicted octanol–water partition coefficient (Wildman–Crippen LogP) is 2.59. The number of halogens is 2. The Morgan fingerprint density at radius 3 is 2.65 bits per heavy atom. The molecule has 6 nitrogen and oxygen atoms in total. The van der Waals surface area contributed by atoms with Crippen molar-refractivity contribution in [1.82, 2.24) is 19.8 Å². The first-order valence-corrected chi connectivity index (χ1v) is 10.8. The van der Waals surface area contributed by atoms with Crippen LogP contribution < -0.4 is 10.9 Å². The van der Waals surface area contributed by atoms with E-state index >= 15 is 0 Å². The molecule has 0 saturated carbocycles. The van der Waals surface area contributed by atoms with Gasteiger partial charge in [0.05, 0.1) is 5.69 Å². The summed E-state index contributed by atoms with van der Waals surface area (Å²) in [5, 5.41) is 14.6. The molecule has 2 saturated heterocycles. The first kappa shape index (κ1) is 24.2. The molecule has 31 heavy (non-hydrogen) atoms. The van der Waals surface area contributed by atoms with Crippen molar-refractivity contribution in [2.45, 2.75) is 50.8 Å². The maximum Gasteiger partial charge on any atom is 0.255 e. The van der Waals surface area contributed by atoms with Gasteiger partial charge >= 0.3 is 0 Å². The second-order valence-electron chi connectivity index (χ2n) is 9.18. The number of pyridine rings is 2. The maximum atomic E-state index is 13.2. The van der Waals surface area contributed by atoms with Gasteiger partial charge in [-0.25, -0.2) is 0 Å². The van der Waals surface area contributed by atoms with Gasteiger partial charge in [-0.2, -0.15) is 0 Å². The van der Waals surface area contributed by atoms with Gasteiger partial charge in [0.15, 0.2) is 0 Å². The smallest absolute Gasteiger partial charge is 0.255 e. The predicted molar refractivity (Wildman–Crippen MR) is 126 cm³/mol. The van der Waals surface area contributed by atoms with Crippen molar-refractivity contribution in [3.8, 4) is 0 Å². The van der Waals surface area contributed by atoms with Crippen LogP contribution in [0.5, 0.6) is 0 Å². The van der Waals surface area contributed by atoms with E-state index in [2.05, 4.69) is 21.3 Å². The van der Waals surface area contributed by atoms with E-state index in [-0.39, 0.29) is 30.4 Å². The Morgan fingerprint density at radius 1 is 1.16 bits per heavy atom. The summed E-state index contributed by atoms with van der Waals surface area (Å²) in [4.78, 5) is 19.9. The highest BCUT2D eigenvalue weighted by Gasteiger charge is 2.36. The van der Waals surface area contributed by atoms with Crippen molar-refractivity contribution in [3.63, 3.8) is 0 Å². The van der Waals surface area contributed by atoms with E-state index in [1.807, 2.05) is 35.9 Å². The van der Waals surface area contributed by atoms with Gasteiger partial charge in [0.2, 0.25) is 0 Å². The first-order chi connectivity index (χ1) is 14.0. The summed E-state index contributed by atoms with van der Waals surface area (Å²) in [6.45, 7) is 7.03. The van der Waals surface area contributed by atoms with Crippen LogP contribution in [0.15, 0.2) is 35.3 Å². The maximum absolute atomic E-state index is 13.2. The Kier molecular flexibility index (Phi) is 7.49. The number of hydrogen-bond acceptors (Lipinski definition) is 5. The van der Waals surface area contributed by atoms with Crippen LogP contribution in [0.4, 0.5) is 0 Å². The molecule has 170 valence electrons. The zero-order valence-corrected chi connectivity index (χ0v) is 19.6. The summed E-state index contributed by atoms with van der Waals surface area (Å²) in [6.07, 6.45) is 4.30. The lowest BCUT2D eigenvalue weighted by Gasteiger charge is -2.39. The third kappa shape index (κ3) is 4.69. The van der Waals surface area contributed by atoms with Gasteiger partial charge in [-0.1, -0.05) is 12.1 Å². The fraction of sp³-hybridized carbons (Fsp3) is 0.565. The standard InChI is InChI=1S/C23H30N4O2.2ClH/c1-16-2-5-21(25-11-16)23(29)6-8-26(9-7-23)15-18-3-4-20-19-10-17(12-24-13-19)14-27(20)22(18)28;;/h2-5,11,17,19,24,29H,6-10,12-15H2,1H3;2*1H/t17-,19+;;/m0../s1. The molecule has 2 bridgehead atoms. The SMILES string of the molecule is Cc1ccc(C2(O)CCN(Cc3ccc4n(c3=O)C[C@@H]3CNC[C@H]4C3)CC2)nc1.Cl.Cl. The number of hydrogen-bond donors (Lipinski definition) is 2.